The SMILES string of the molecule is CCNC(=NCC(O)c1ccc(Cl)s1)N1CCN(CC(=O)NCCOC)CC1.I. The minimum atomic E-state index is -0.664. The van der Waals surface area contributed by atoms with E-state index in [9.17, 15) is 9.90 Å². The third kappa shape index (κ3) is 9.35. The van der Waals surface area contributed by atoms with E-state index < -0.39 is 6.10 Å². The van der Waals surface area contributed by atoms with Crippen molar-refractivity contribution in [3.05, 3.63) is 21.3 Å². The summed E-state index contributed by atoms with van der Waals surface area (Å²) in [4.78, 5) is 21.6. The van der Waals surface area contributed by atoms with Crippen molar-refractivity contribution in [2.24, 2.45) is 4.99 Å². The van der Waals surface area contributed by atoms with Crippen LogP contribution in [0.1, 0.15) is 17.9 Å². The van der Waals surface area contributed by atoms with Gasteiger partial charge in [-0.2, -0.15) is 0 Å². The molecule has 0 saturated carbocycles. The molecule has 2 rings (SSSR count). The highest BCUT2D eigenvalue weighted by Gasteiger charge is 2.21. The summed E-state index contributed by atoms with van der Waals surface area (Å²) in [6.45, 7) is 7.61. The van der Waals surface area contributed by atoms with E-state index in [0.717, 1.165) is 43.6 Å². The maximum Gasteiger partial charge on any atom is 0.234 e. The zero-order valence-electron chi connectivity index (χ0n) is 16.9. The lowest BCUT2D eigenvalue weighted by atomic mass is 10.3. The number of aliphatic imine (C=N–C) groups is 1. The van der Waals surface area contributed by atoms with Gasteiger partial charge in [-0.15, -0.1) is 35.3 Å². The van der Waals surface area contributed by atoms with Gasteiger partial charge in [0.1, 0.15) is 6.10 Å². The van der Waals surface area contributed by atoms with Crippen molar-refractivity contribution in [3.8, 4) is 0 Å². The van der Waals surface area contributed by atoms with Crippen LogP contribution in [0.15, 0.2) is 17.1 Å². The quantitative estimate of drug-likeness (QED) is 0.183. The Morgan fingerprint density at radius 1 is 1.34 bits per heavy atom. The molecule has 1 amide bonds. The van der Waals surface area contributed by atoms with E-state index in [-0.39, 0.29) is 36.4 Å². The number of nitrogens with one attached hydrogen (secondary N) is 2. The number of ether oxygens (including phenoxy) is 1. The maximum absolute atomic E-state index is 11.9. The molecule has 1 aromatic heterocycles. The molecule has 1 aliphatic rings. The zero-order valence-corrected chi connectivity index (χ0v) is 20.8. The predicted molar refractivity (Wildman–Crippen MR) is 129 cm³/mol. The molecule has 1 unspecified atom stereocenters. The molecule has 11 heteroatoms. The number of carbonyl (C=O) groups is 1. The van der Waals surface area contributed by atoms with E-state index in [1.807, 2.05) is 13.0 Å². The number of halogens is 2. The summed E-state index contributed by atoms with van der Waals surface area (Å²) in [6, 6.07) is 3.61. The molecule has 3 N–H and O–H groups in total. The smallest absolute Gasteiger partial charge is 0.234 e. The Morgan fingerprint density at radius 2 is 2.07 bits per heavy atom. The lowest BCUT2D eigenvalue weighted by molar-refractivity contribution is -0.122. The van der Waals surface area contributed by atoms with Crippen molar-refractivity contribution in [2.75, 3.05) is 66.1 Å². The Labute approximate surface area is 198 Å². The fourth-order valence-electron chi connectivity index (χ4n) is 2.87. The van der Waals surface area contributed by atoms with Gasteiger partial charge >= 0.3 is 0 Å². The fourth-order valence-corrected chi connectivity index (χ4v) is 3.90. The molecular weight excluding hydrogens is 529 g/mol. The van der Waals surface area contributed by atoms with Gasteiger partial charge in [0.05, 0.1) is 24.0 Å². The number of aliphatic hydroxyl groups is 1. The third-order valence-electron chi connectivity index (χ3n) is 4.34. The first kappa shape index (κ1) is 26.4. The number of hydrogen-bond acceptors (Lipinski definition) is 6. The number of aliphatic hydroxyl groups excluding tert-OH is 1. The average Bonchev–Trinajstić information content (AvgIpc) is 3.12. The summed E-state index contributed by atoms with van der Waals surface area (Å²) in [7, 11) is 1.61. The number of guanidine groups is 1. The highest BCUT2D eigenvalue weighted by atomic mass is 127. The van der Waals surface area contributed by atoms with E-state index in [1.165, 1.54) is 11.3 Å². The van der Waals surface area contributed by atoms with E-state index in [4.69, 9.17) is 16.3 Å². The van der Waals surface area contributed by atoms with Crippen LogP contribution in [0, 0.1) is 0 Å². The third-order valence-corrected chi connectivity index (χ3v) is 5.67. The van der Waals surface area contributed by atoms with Crippen molar-refractivity contribution >= 4 is 58.8 Å². The first-order chi connectivity index (χ1) is 13.5. The summed E-state index contributed by atoms with van der Waals surface area (Å²) in [5.41, 5.74) is 0. The molecule has 0 spiro atoms. The summed E-state index contributed by atoms with van der Waals surface area (Å²) >= 11 is 7.30. The van der Waals surface area contributed by atoms with E-state index in [0.29, 0.717) is 24.0 Å². The van der Waals surface area contributed by atoms with Crippen LogP contribution in [0.5, 0.6) is 0 Å². The Kier molecular flexibility index (Phi) is 13.1. The molecule has 29 heavy (non-hydrogen) atoms. The number of nitrogens with zero attached hydrogens (tertiary/aromatic N) is 3. The highest BCUT2D eigenvalue weighted by Crippen LogP contribution is 2.27. The standard InChI is InChI=1S/C18H30ClN5O3S.HI/c1-3-20-18(22-12-14(25)15-4-5-16(19)28-15)24-9-7-23(8-10-24)13-17(26)21-6-11-27-2;/h4-5,14,25H,3,6-13H2,1-2H3,(H,20,22)(H,21,26);1H. The Balaban J connectivity index is 0.00000420. The van der Waals surface area contributed by atoms with Gasteiger partial charge in [-0.1, -0.05) is 11.6 Å². The van der Waals surface area contributed by atoms with Gasteiger partial charge in [0, 0.05) is 51.3 Å². The Hall–Kier alpha value is -0.660. The first-order valence-corrected chi connectivity index (χ1v) is 10.7. The number of amides is 1. The summed E-state index contributed by atoms with van der Waals surface area (Å²) in [6.07, 6.45) is -0.664. The molecule has 0 radical (unpaired) electrons. The van der Waals surface area contributed by atoms with Gasteiger partial charge in [-0.05, 0) is 19.1 Å². The van der Waals surface area contributed by atoms with Gasteiger partial charge in [-0.3, -0.25) is 14.7 Å². The van der Waals surface area contributed by atoms with Gasteiger partial charge in [-0.25, -0.2) is 0 Å². The molecule has 1 fully saturated rings. The molecule has 1 aliphatic heterocycles. The van der Waals surface area contributed by atoms with Gasteiger partial charge in [0.25, 0.3) is 0 Å². The summed E-state index contributed by atoms with van der Waals surface area (Å²) in [5, 5.41) is 16.4. The van der Waals surface area contributed by atoms with Crippen molar-refractivity contribution < 1.29 is 14.6 Å². The summed E-state index contributed by atoms with van der Waals surface area (Å²) < 4.78 is 5.60. The monoisotopic (exact) mass is 559 g/mol. The zero-order chi connectivity index (χ0) is 20.4. The lowest BCUT2D eigenvalue weighted by Crippen LogP contribution is -2.54. The van der Waals surface area contributed by atoms with Crippen molar-refractivity contribution in [2.45, 2.75) is 13.0 Å². The highest BCUT2D eigenvalue weighted by molar-refractivity contribution is 14.0. The number of rotatable bonds is 9. The lowest BCUT2D eigenvalue weighted by Gasteiger charge is -2.36. The second-order valence-corrected chi connectivity index (χ2v) is 8.20. The van der Waals surface area contributed by atoms with Gasteiger partial charge < -0.3 is 25.4 Å². The van der Waals surface area contributed by atoms with Crippen LogP contribution in [0.2, 0.25) is 4.34 Å². The number of methoxy groups -OCH3 is 1. The molecule has 0 aliphatic carbocycles. The molecule has 2 heterocycles. The molecule has 166 valence electrons. The second-order valence-electron chi connectivity index (χ2n) is 6.46. The molecule has 0 aromatic carbocycles. The molecular formula is C18H31ClIN5O3S. The largest absolute Gasteiger partial charge is 0.386 e. The molecule has 1 aromatic rings. The van der Waals surface area contributed by atoms with Crippen molar-refractivity contribution in [3.63, 3.8) is 0 Å². The van der Waals surface area contributed by atoms with E-state index >= 15 is 0 Å². The molecule has 1 saturated heterocycles. The van der Waals surface area contributed by atoms with Gasteiger partial charge in [0.2, 0.25) is 5.91 Å². The van der Waals surface area contributed by atoms with Crippen molar-refractivity contribution in [1.82, 2.24) is 20.4 Å². The fraction of sp³-hybridized carbons (Fsp3) is 0.667. The Morgan fingerprint density at radius 3 is 2.66 bits per heavy atom. The van der Waals surface area contributed by atoms with Crippen LogP contribution in [0.4, 0.5) is 0 Å². The first-order valence-electron chi connectivity index (χ1n) is 9.48. The van der Waals surface area contributed by atoms with Crippen LogP contribution in [0.25, 0.3) is 0 Å². The normalized spacial score (nSPS) is 16.3. The van der Waals surface area contributed by atoms with Crippen LogP contribution in [-0.2, 0) is 9.53 Å². The maximum atomic E-state index is 11.9. The average molecular weight is 560 g/mol. The molecule has 1 atom stereocenters. The van der Waals surface area contributed by atoms with E-state index in [1.54, 1.807) is 13.2 Å². The van der Waals surface area contributed by atoms with Crippen molar-refractivity contribution in [1.29, 1.82) is 0 Å². The van der Waals surface area contributed by atoms with Crippen LogP contribution < -0.4 is 10.6 Å². The van der Waals surface area contributed by atoms with E-state index in [2.05, 4.69) is 25.4 Å². The predicted octanol–water partition coefficient (Wildman–Crippen LogP) is 1.40. The second kappa shape index (κ2) is 14.4. The van der Waals surface area contributed by atoms with Crippen LogP contribution >= 0.6 is 46.9 Å². The summed E-state index contributed by atoms with van der Waals surface area (Å²) in [5.74, 6) is 0.803. The number of hydrogen-bond donors (Lipinski definition) is 3. The van der Waals surface area contributed by atoms with Crippen LogP contribution in [0.3, 0.4) is 0 Å². The van der Waals surface area contributed by atoms with Gasteiger partial charge in [0.15, 0.2) is 5.96 Å². The number of thiophene rings is 1. The minimum Gasteiger partial charge on any atom is -0.386 e. The minimum absolute atomic E-state index is 0. The van der Waals surface area contributed by atoms with Crippen LogP contribution in [-0.4, -0.2) is 92.8 Å². The Bertz CT molecular complexity index is 641. The molecule has 8 nitrogen and oxygen atoms in total. The molecule has 0 bridgehead atoms. The number of piperazine rings is 1. The number of carbonyl (C=O) groups excluding carboxylic acids is 1. The topological polar surface area (TPSA) is 89.4 Å².